The molecule has 0 fully saturated rings. The van der Waals surface area contributed by atoms with E-state index in [-0.39, 0.29) is 6.04 Å². The number of nitrogens with one attached hydrogen (secondary N) is 1. The van der Waals surface area contributed by atoms with Crippen LogP contribution >= 0.6 is 11.5 Å². The van der Waals surface area contributed by atoms with Crippen molar-refractivity contribution in [2.45, 2.75) is 83.6 Å². The van der Waals surface area contributed by atoms with Crippen molar-refractivity contribution in [2.75, 3.05) is 0 Å². The minimum atomic E-state index is 0.169. The van der Waals surface area contributed by atoms with E-state index in [9.17, 15) is 0 Å². The van der Waals surface area contributed by atoms with Crippen LogP contribution in [0.1, 0.15) is 89.3 Å². The molecule has 20 heavy (non-hydrogen) atoms. The van der Waals surface area contributed by atoms with Crippen LogP contribution in [0.3, 0.4) is 0 Å². The molecule has 1 unspecified atom stereocenters. The first-order valence-corrected chi connectivity index (χ1v) is 8.95. The fourth-order valence-corrected chi connectivity index (χ4v) is 2.98. The highest BCUT2D eigenvalue weighted by Gasteiger charge is 2.11. The Morgan fingerprint density at radius 3 is 2.15 bits per heavy atom. The molecule has 0 spiro atoms. The van der Waals surface area contributed by atoms with Gasteiger partial charge in [0.25, 0.3) is 0 Å². The number of hydrogen-bond acceptors (Lipinski definition) is 5. The van der Waals surface area contributed by atoms with Crippen LogP contribution < -0.4 is 11.3 Å². The number of nitrogens with two attached hydrogens (primary N) is 1. The Balaban J connectivity index is 1.91. The summed E-state index contributed by atoms with van der Waals surface area (Å²) >= 11 is 1.38. The van der Waals surface area contributed by atoms with Gasteiger partial charge in [0.2, 0.25) is 0 Å². The van der Waals surface area contributed by atoms with Crippen molar-refractivity contribution in [3.8, 4) is 0 Å². The smallest absolute Gasteiger partial charge is 0.0938 e. The lowest BCUT2D eigenvalue weighted by Gasteiger charge is -2.12. The zero-order valence-electron chi connectivity index (χ0n) is 12.8. The lowest BCUT2D eigenvalue weighted by molar-refractivity contribution is 0.465. The molecule has 3 N–H and O–H groups in total. The van der Waals surface area contributed by atoms with Crippen molar-refractivity contribution in [2.24, 2.45) is 5.84 Å². The van der Waals surface area contributed by atoms with E-state index in [4.69, 9.17) is 5.84 Å². The van der Waals surface area contributed by atoms with Gasteiger partial charge in [-0.25, -0.2) is 0 Å². The standard InChI is InChI=1S/C15H30N4S/c1-2-3-4-5-6-7-8-9-10-11-12-14(17-16)15-13-20-19-18-15/h13-14,17H,2-12,16H2,1H3. The first-order chi connectivity index (χ1) is 9.88. The molecular weight excluding hydrogens is 268 g/mol. The Bertz CT molecular complexity index is 303. The Morgan fingerprint density at radius 2 is 1.65 bits per heavy atom. The molecule has 0 aliphatic carbocycles. The molecule has 1 atom stereocenters. The van der Waals surface area contributed by atoms with Crippen LogP contribution in [0.15, 0.2) is 5.38 Å². The quantitative estimate of drug-likeness (QED) is 0.323. The second kappa shape index (κ2) is 12.2. The third kappa shape index (κ3) is 7.92. The molecule has 0 amide bonds. The van der Waals surface area contributed by atoms with Gasteiger partial charge in [-0.2, -0.15) is 0 Å². The SMILES string of the molecule is CCCCCCCCCCCCC(NN)c1csnn1. The average molecular weight is 298 g/mol. The summed E-state index contributed by atoms with van der Waals surface area (Å²) in [5.74, 6) is 5.57. The van der Waals surface area contributed by atoms with E-state index in [2.05, 4.69) is 21.9 Å². The fraction of sp³-hybridized carbons (Fsp3) is 0.867. The van der Waals surface area contributed by atoms with E-state index in [1.54, 1.807) is 0 Å². The molecule has 1 rings (SSSR count). The van der Waals surface area contributed by atoms with Crippen molar-refractivity contribution in [3.63, 3.8) is 0 Å². The topological polar surface area (TPSA) is 63.8 Å². The zero-order chi connectivity index (χ0) is 14.5. The average Bonchev–Trinajstić information content (AvgIpc) is 2.99. The molecule has 0 radical (unpaired) electrons. The first-order valence-electron chi connectivity index (χ1n) is 8.11. The number of hydrogen-bond donors (Lipinski definition) is 2. The van der Waals surface area contributed by atoms with E-state index in [1.807, 2.05) is 5.38 Å². The van der Waals surface area contributed by atoms with Crippen LogP contribution in [-0.4, -0.2) is 9.59 Å². The van der Waals surface area contributed by atoms with E-state index in [0.717, 1.165) is 12.1 Å². The molecule has 0 aliphatic heterocycles. The summed E-state index contributed by atoms with van der Waals surface area (Å²) in [6.45, 7) is 2.27. The van der Waals surface area contributed by atoms with Crippen LogP contribution in [0, 0.1) is 0 Å². The summed E-state index contributed by atoms with van der Waals surface area (Å²) < 4.78 is 3.89. The summed E-state index contributed by atoms with van der Waals surface area (Å²) in [4.78, 5) is 0. The number of nitrogens with zero attached hydrogens (tertiary/aromatic N) is 2. The second-order valence-corrected chi connectivity index (χ2v) is 6.13. The highest BCUT2D eigenvalue weighted by molar-refractivity contribution is 7.03. The van der Waals surface area contributed by atoms with Crippen molar-refractivity contribution in [1.82, 2.24) is 15.0 Å². The number of rotatable bonds is 13. The van der Waals surface area contributed by atoms with Gasteiger partial charge in [-0.05, 0) is 18.0 Å². The van der Waals surface area contributed by atoms with Crippen LogP contribution in [0.4, 0.5) is 0 Å². The fourth-order valence-electron chi connectivity index (χ4n) is 2.48. The maximum absolute atomic E-state index is 5.57. The minimum absolute atomic E-state index is 0.169. The largest absolute Gasteiger partial charge is 0.271 e. The minimum Gasteiger partial charge on any atom is -0.271 e. The predicted octanol–water partition coefficient (Wildman–Crippen LogP) is 4.35. The maximum atomic E-state index is 5.57. The van der Waals surface area contributed by atoms with Crippen LogP contribution in [0.2, 0.25) is 0 Å². The number of unbranched alkanes of at least 4 members (excludes halogenated alkanes) is 9. The highest BCUT2D eigenvalue weighted by atomic mass is 32.1. The van der Waals surface area contributed by atoms with Crippen molar-refractivity contribution in [1.29, 1.82) is 0 Å². The number of hydrazine groups is 1. The highest BCUT2D eigenvalue weighted by Crippen LogP contribution is 2.18. The van der Waals surface area contributed by atoms with Crippen molar-refractivity contribution in [3.05, 3.63) is 11.1 Å². The van der Waals surface area contributed by atoms with Gasteiger partial charge in [-0.1, -0.05) is 75.6 Å². The van der Waals surface area contributed by atoms with Gasteiger partial charge in [0.1, 0.15) is 0 Å². The lowest BCUT2D eigenvalue weighted by atomic mass is 10.0. The van der Waals surface area contributed by atoms with Gasteiger partial charge in [-0.3, -0.25) is 11.3 Å². The summed E-state index contributed by atoms with van der Waals surface area (Å²) in [7, 11) is 0. The summed E-state index contributed by atoms with van der Waals surface area (Å²) in [5.41, 5.74) is 3.82. The molecule has 0 aromatic carbocycles. The molecule has 1 heterocycles. The molecule has 4 nitrogen and oxygen atoms in total. The third-order valence-corrected chi connectivity index (χ3v) is 4.30. The van der Waals surface area contributed by atoms with E-state index >= 15 is 0 Å². The van der Waals surface area contributed by atoms with Crippen molar-refractivity contribution >= 4 is 11.5 Å². The molecular formula is C15H30N4S. The Kier molecular flexibility index (Phi) is 10.7. The van der Waals surface area contributed by atoms with Crippen LogP contribution in [0.25, 0.3) is 0 Å². The van der Waals surface area contributed by atoms with Crippen LogP contribution in [0.5, 0.6) is 0 Å². The monoisotopic (exact) mass is 298 g/mol. The second-order valence-electron chi connectivity index (χ2n) is 5.52. The molecule has 1 aromatic rings. The molecule has 0 aliphatic rings. The van der Waals surface area contributed by atoms with Gasteiger partial charge < -0.3 is 0 Å². The van der Waals surface area contributed by atoms with Gasteiger partial charge >= 0.3 is 0 Å². The van der Waals surface area contributed by atoms with E-state index < -0.39 is 0 Å². The van der Waals surface area contributed by atoms with Gasteiger partial charge in [0.15, 0.2) is 0 Å². The Morgan fingerprint density at radius 1 is 1.05 bits per heavy atom. The molecule has 116 valence electrons. The molecule has 5 heteroatoms. The van der Waals surface area contributed by atoms with E-state index in [0.29, 0.717) is 0 Å². The molecule has 0 bridgehead atoms. The summed E-state index contributed by atoms with van der Waals surface area (Å²) in [6.07, 6.45) is 14.7. The molecule has 0 saturated carbocycles. The van der Waals surface area contributed by atoms with Crippen LogP contribution in [-0.2, 0) is 0 Å². The third-order valence-electron chi connectivity index (χ3n) is 3.78. The Hall–Kier alpha value is -0.520. The summed E-state index contributed by atoms with van der Waals surface area (Å²) in [5, 5.41) is 6.05. The summed E-state index contributed by atoms with van der Waals surface area (Å²) in [6, 6.07) is 0.169. The van der Waals surface area contributed by atoms with Gasteiger partial charge in [0, 0.05) is 5.38 Å². The van der Waals surface area contributed by atoms with Crippen molar-refractivity contribution < 1.29 is 0 Å². The maximum Gasteiger partial charge on any atom is 0.0938 e. The van der Waals surface area contributed by atoms with Gasteiger partial charge in [-0.15, -0.1) is 5.10 Å². The van der Waals surface area contributed by atoms with Gasteiger partial charge in [0.05, 0.1) is 11.7 Å². The zero-order valence-corrected chi connectivity index (χ0v) is 13.6. The molecule has 1 aromatic heterocycles. The molecule has 0 saturated heterocycles. The number of aromatic nitrogens is 2. The Labute approximate surface area is 127 Å². The normalized spacial score (nSPS) is 12.7. The van der Waals surface area contributed by atoms with E-state index in [1.165, 1.54) is 75.7 Å². The first kappa shape index (κ1) is 17.5. The predicted molar refractivity (Wildman–Crippen MR) is 86.4 cm³/mol. The lowest BCUT2D eigenvalue weighted by Crippen LogP contribution is -2.28.